The van der Waals surface area contributed by atoms with Crippen LogP contribution >= 0.6 is 0 Å². The highest BCUT2D eigenvalue weighted by Crippen LogP contribution is 2.22. The van der Waals surface area contributed by atoms with Gasteiger partial charge < -0.3 is 24.1 Å². The number of ether oxygens (including phenoxy) is 4. The second kappa shape index (κ2) is 15.6. The van der Waals surface area contributed by atoms with E-state index >= 15 is 0 Å². The van der Waals surface area contributed by atoms with Gasteiger partial charge in [-0.3, -0.25) is 9.59 Å². The fraction of sp³-hybridized carbons (Fsp3) is 0.476. The molecular weight excluding hydrogens is 412 g/mol. The van der Waals surface area contributed by atoms with Crippen LogP contribution in [-0.2, 0) is 42.9 Å². The number of carbonyl (C=O) groups excluding carboxylic acids is 5. The van der Waals surface area contributed by atoms with E-state index in [1.165, 1.54) is 0 Å². The molecule has 0 amide bonds. The summed E-state index contributed by atoms with van der Waals surface area (Å²) in [5.41, 5.74) is -1.42. The lowest BCUT2D eigenvalue weighted by atomic mass is 9.92. The van der Waals surface area contributed by atoms with E-state index in [-0.39, 0.29) is 31.7 Å². The lowest BCUT2D eigenvalue weighted by molar-refractivity contribution is -0.166. The van der Waals surface area contributed by atoms with Gasteiger partial charge in [-0.25, -0.2) is 14.4 Å². The first-order chi connectivity index (χ1) is 14.7. The van der Waals surface area contributed by atoms with Gasteiger partial charge in [0.2, 0.25) is 0 Å². The highest BCUT2D eigenvalue weighted by atomic mass is 16.6. The van der Waals surface area contributed by atoms with E-state index < -0.39 is 55.7 Å². The van der Waals surface area contributed by atoms with Crippen molar-refractivity contribution in [3.8, 4) is 0 Å². The molecule has 0 spiro atoms. The van der Waals surface area contributed by atoms with Crippen LogP contribution in [0.25, 0.3) is 0 Å². The Kier molecular flexibility index (Phi) is 13.9. The Bertz CT molecular complexity index is 620. The third kappa shape index (κ3) is 12.8. The summed E-state index contributed by atoms with van der Waals surface area (Å²) in [5.74, 6) is -3.33. The molecule has 0 radical (unpaired) electrons. The van der Waals surface area contributed by atoms with Crippen LogP contribution < -0.4 is 0 Å². The summed E-state index contributed by atoms with van der Waals surface area (Å²) in [5, 5.41) is 8.72. The summed E-state index contributed by atoms with van der Waals surface area (Å²) >= 11 is 0. The Morgan fingerprint density at radius 1 is 0.677 bits per heavy atom. The van der Waals surface area contributed by atoms with Crippen molar-refractivity contribution in [3.05, 3.63) is 38.0 Å². The smallest absolute Gasteiger partial charge is 0.330 e. The van der Waals surface area contributed by atoms with E-state index in [0.717, 1.165) is 18.2 Å². The van der Waals surface area contributed by atoms with Crippen molar-refractivity contribution in [2.45, 2.75) is 25.7 Å². The van der Waals surface area contributed by atoms with E-state index in [9.17, 15) is 24.0 Å². The van der Waals surface area contributed by atoms with Crippen molar-refractivity contribution >= 4 is 29.7 Å². The maximum atomic E-state index is 12.1. The normalized spacial score (nSPS) is 10.4. The molecule has 0 atom stereocenters. The topological polar surface area (TPSA) is 142 Å². The molecule has 31 heavy (non-hydrogen) atoms. The van der Waals surface area contributed by atoms with Crippen LogP contribution in [0.15, 0.2) is 38.0 Å². The summed E-state index contributed by atoms with van der Waals surface area (Å²) in [6.07, 6.45) is 2.86. The summed E-state index contributed by atoms with van der Waals surface area (Å²) in [4.78, 5) is 58.2. The number of aliphatic hydroxyl groups is 1. The molecule has 0 rings (SSSR count). The maximum absolute atomic E-state index is 12.1. The molecule has 0 saturated carbocycles. The highest BCUT2D eigenvalue weighted by molar-refractivity contribution is 5.83. The average Bonchev–Trinajstić information content (AvgIpc) is 2.79. The first-order valence-corrected chi connectivity index (χ1v) is 9.37. The predicted octanol–water partition coefficient (Wildman–Crippen LogP) is 0.825. The van der Waals surface area contributed by atoms with Crippen molar-refractivity contribution in [1.82, 2.24) is 0 Å². The zero-order chi connectivity index (χ0) is 23.7. The van der Waals surface area contributed by atoms with Gasteiger partial charge in [0, 0.05) is 37.7 Å². The monoisotopic (exact) mass is 440 g/mol. The number of carbonyl (C=O) groups is 5. The first-order valence-electron chi connectivity index (χ1n) is 9.37. The fourth-order valence-electron chi connectivity index (χ4n) is 2.05. The third-order valence-corrected chi connectivity index (χ3v) is 3.82. The highest BCUT2D eigenvalue weighted by Gasteiger charge is 2.37. The molecule has 10 nitrogen and oxygen atoms in total. The lowest BCUT2D eigenvalue weighted by Gasteiger charge is -2.31. The molecule has 0 unspecified atom stereocenters. The maximum Gasteiger partial charge on any atom is 0.330 e. The number of ketones is 1. The molecule has 0 saturated heterocycles. The molecule has 0 aromatic carbocycles. The zero-order valence-corrected chi connectivity index (χ0v) is 17.3. The molecule has 0 aliphatic rings. The van der Waals surface area contributed by atoms with Crippen molar-refractivity contribution in [2.75, 3.05) is 33.0 Å². The Labute approximate surface area is 180 Å². The Balaban J connectivity index is 5.25. The van der Waals surface area contributed by atoms with Crippen LogP contribution in [0.5, 0.6) is 0 Å². The minimum atomic E-state index is -1.42. The van der Waals surface area contributed by atoms with Crippen molar-refractivity contribution < 1.29 is 48.0 Å². The summed E-state index contributed by atoms with van der Waals surface area (Å²) in [6, 6.07) is 0. The van der Waals surface area contributed by atoms with Crippen LogP contribution in [0.3, 0.4) is 0 Å². The standard InChI is InChI=1S/C21H28O10/c1-4-17(24)28-12-21(13-29-18(25)5-2,14-30-19(26)6-3)15-31-20(27)10-9-16(23)8-7-11-22/h4-6,22H,1-3,7-15H2. The van der Waals surface area contributed by atoms with E-state index in [2.05, 4.69) is 19.7 Å². The second-order valence-corrected chi connectivity index (χ2v) is 6.46. The predicted molar refractivity (Wildman–Crippen MR) is 107 cm³/mol. The fourth-order valence-corrected chi connectivity index (χ4v) is 2.05. The van der Waals surface area contributed by atoms with Gasteiger partial charge in [0.1, 0.15) is 37.6 Å². The van der Waals surface area contributed by atoms with E-state index in [1.54, 1.807) is 0 Å². The van der Waals surface area contributed by atoms with E-state index in [1.807, 2.05) is 0 Å². The van der Waals surface area contributed by atoms with Crippen molar-refractivity contribution in [1.29, 1.82) is 0 Å². The number of esters is 4. The molecule has 10 heteroatoms. The van der Waals surface area contributed by atoms with Crippen LogP contribution in [0.1, 0.15) is 25.7 Å². The molecule has 0 aliphatic carbocycles. The van der Waals surface area contributed by atoms with Gasteiger partial charge >= 0.3 is 23.9 Å². The Hall–Kier alpha value is -3.27. The second-order valence-electron chi connectivity index (χ2n) is 6.46. The van der Waals surface area contributed by atoms with Gasteiger partial charge in [-0.2, -0.15) is 0 Å². The molecule has 0 aromatic heterocycles. The van der Waals surface area contributed by atoms with Gasteiger partial charge in [-0.15, -0.1) is 0 Å². The minimum Gasteiger partial charge on any atom is -0.465 e. The molecule has 0 aliphatic heterocycles. The average molecular weight is 440 g/mol. The summed E-state index contributed by atoms with van der Waals surface area (Å²) < 4.78 is 20.2. The minimum absolute atomic E-state index is 0.0752. The SMILES string of the molecule is C=CC(=O)OCC(COC(=O)C=C)(COC(=O)C=C)COC(=O)CCC(=O)CCCO. The number of aliphatic hydroxyl groups excluding tert-OH is 1. The van der Waals surface area contributed by atoms with Crippen molar-refractivity contribution in [2.24, 2.45) is 5.41 Å². The molecule has 0 bridgehead atoms. The number of hydrogen-bond acceptors (Lipinski definition) is 10. The zero-order valence-electron chi connectivity index (χ0n) is 17.3. The van der Waals surface area contributed by atoms with Crippen molar-refractivity contribution in [3.63, 3.8) is 0 Å². The molecule has 172 valence electrons. The quantitative estimate of drug-likeness (QED) is 0.196. The van der Waals surface area contributed by atoms with Gasteiger partial charge in [-0.1, -0.05) is 19.7 Å². The number of rotatable bonds is 17. The number of hydrogen-bond donors (Lipinski definition) is 1. The van der Waals surface area contributed by atoms with Crippen LogP contribution in [0, 0.1) is 5.41 Å². The Morgan fingerprint density at radius 2 is 1.10 bits per heavy atom. The summed E-state index contributed by atoms with van der Waals surface area (Å²) in [6.45, 7) is 7.92. The first kappa shape index (κ1) is 27.7. The number of Topliss-reactive ketones (excluding diaryl/α,β-unsaturated/α-hetero) is 1. The molecule has 0 fully saturated rings. The Morgan fingerprint density at radius 3 is 1.48 bits per heavy atom. The molecule has 0 heterocycles. The molecule has 0 aromatic rings. The largest absolute Gasteiger partial charge is 0.465 e. The van der Waals surface area contributed by atoms with Gasteiger partial charge in [0.25, 0.3) is 0 Å². The lowest BCUT2D eigenvalue weighted by Crippen LogP contribution is -2.43. The summed E-state index contributed by atoms with van der Waals surface area (Å²) in [7, 11) is 0. The van der Waals surface area contributed by atoms with E-state index in [4.69, 9.17) is 24.1 Å². The van der Waals surface area contributed by atoms with Gasteiger partial charge in [0.05, 0.1) is 6.42 Å². The van der Waals surface area contributed by atoms with Gasteiger partial charge in [-0.05, 0) is 6.42 Å². The molecular formula is C21H28O10. The van der Waals surface area contributed by atoms with Gasteiger partial charge in [0.15, 0.2) is 0 Å². The third-order valence-electron chi connectivity index (χ3n) is 3.82. The molecule has 1 N–H and O–H groups in total. The van der Waals surface area contributed by atoms with Crippen LogP contribution in [0.4, 0.5) is 0 Å². The van der Waals surface area contributed by atoms with Crippen LogP contribution in [0.2, 0.25) is 0 Å². The van der Waals surface area contributed by atoms with Crippen LogP contribution in [-0.4, -0.2) is 67.8 Å². The van der Waals surface area contributed by atoms with E-state index in [0.29, 0.717) is 6.42 Å².